The number of fused-ring (bicyclic) bond motifs is 1. The van der Waals surface area contributed by atoms with E-state index in [0.29, 0.717) is 72.7 Å². The van der Waals surface area contributed by atoms with Gasteiger partial charge in [0.05, 0.1) is 25.1 Å². The Labute approximate surface area is 231 Å². The Balaban J connectivity index is 1.14. The lowest BCUT2D eigenvalue weighted by atomic mass is 9.84. The zero-order chi connectivity index (χ0) is 26.8. The maximum Gasteiger partial charge on any atom is 0.276 e. The number of carbonyl (C=O) groups excluding carboxylic acids is 2. The number of anilines is 3. The van der Waals surface area contributed by atoms with Gasteiger partial charge in [-0.1, -0.05) is 11.6 Å². The number of hydrogen-bond acceptors (Lipinski definition) is 8. The molecule has 3 aliphatic rings. The average molecular weight is 553 g/mol. The van der Waals surface area contributed by atoms with Crippen LogP contribution in [0.3, 0.4) is 0 Å². The molecule has 0 bridgehead atoms. The topological polar surface area (TPSA) is 126 Å². The standard InChI is InChI=1S/C27H33ClN8O3/c28-23-14-20(7-8-29-23)33-27(38)22-16-30-26-21(31-18-5-6-18)15-24(34-36(22)26)32-19-3-1-17(2-4-19)13-25(37)35-9-11-39-12-10-35/h7-8,14-19,31H,1-6,9-13H2,(H,32,34)(H,29,33,38). The van der Waals surface area contributed by atoms with E-state index < -0.39 is 0 Å². The van der Waals surface area contributed by atoms with E-state index in [2.05, 4.69) is 25.9 Å². The van der Waals surface area contributed by atoms with Crippen LogP contribution in [0.2, 0.25) is 5.15 Å². The number of nitrogens with zero attached hydrogens (tertiary/aromatic N) is 5. The summed E-state index contributed by atoms with van der Waals surface area (Å²) in [7, 11) is 0. The molecule has 2 amide bonds. The van der Waals surface area contributed by atoms with Crippen LogP contribution in [0.5, 0.6) is 0 Å². The van der Waals surface area contributed by atoms with Crippen molar-refractivity contribution in [3.05, 3.63) is 41.4 Å². The van der Waals surface area contributed by atoms with E-state index in [9.17, 15) is 9.59 Å². The number of carbonyl (C=O) groups is 2. The van der Waals surface area contributed by atoms with Gasteiger partial charge in [-0.2, -0.15) is 0 Å². The molecule has 0 spiro atoms. The Bertz CT molecular complexity index is 1350. The fourth-order valence-corrected chi connectivity index (χ4v) is 5.51. The summed E-state index contributed by atoms with van der Waals surface area (Å²) in [6.07, 6.45) is 9.84. The normalized spacial score (nSPS) is 21.5. The van der Waals surface area contributed by atoms with Crippen molar-refractivity contribution >= 4 is 46.3 Å². The van der Waals surface area contributed by atoms with Gasteiger partial charge >= 0.3 is 0 Å². The molecule has 0 unspecified atom stereocenters. The van der Waals surface area contributed by atoms with E-state index in [1.807, 2.05) is 11.0 Å². The first kappa shape index (κ1) is 25.8. The van der Waals surface area contributed by atoms with Crippen LogP contribution in [-0.4, -0.2) is 74.7 Å². The van der Waals surface area contributed by atoms with Crippen LogP contribution >= 0.6 is 11.6 Å². The minimum atomic E-state index is -0.336. The number of morpholine rings is 1. The van der Waals surface area contributed by atoms with E-state index in [1.54, 1.807) is 22.8 Å². The van der Waals surface area contributed by atoms with Crippen LogP contribution in [0.25, 0.3) is 5.65 Å². The number of imidazole rings is 1. The molecule has 6 rings (SSSR count). The van der Waals surface area contributed by atoms with E-state index in [-0.39, 0.29) is 17.9 Å². The molecule has 2 saturated carbocycles. The third-order valence-electron chi connectivity index (χ3n) is 7.65. The second-order valence-electron chi connectivity index (χ2n) is 10.6. The summed E-state index contributed by atoms with van der Waals surface area (Å²) in [4.78, 5) is 36.2. The maximum atomic E-state index is 13.1. The van der Waals surface area contributed by atoms with Crippen LogP contribution in [0.4, 0.5) is 17.2 Å². The van der Waals surface area contributed by atoms with Crippen LogP contribution in [0.15, 0.2) is 30.6 Å². The molecule has 3 aromatic heterocycles. The lowest BCUT2D eigenvalue weighted by Crippen LogP contribution is -2.41. The minimum absolute atomic E-state index is 0.248. The van der Waals surface area contributed by atoms with Gasteiger partial charge in [-0.25, -0.2) is 14.5 Å². The molecule has 3 aromatic rings. The molecule has 3 N–H and O–H groups in total. The molecule has 39 heavy (non-hydrogen) atoms. The molecule has 2 aliphatic carbocycles. The third-order valence-corrected chi connectivity index (χ3v) is 7.85. The molecular formula is C27H33ClN8O3. The molecule has 0 radical (unpaired) electrons. The fourth-order valence-electron chi connectivity index (χ4n) is 5.33. The highest BCUT2D eigenvalue weighted by Crippen LogP contribution is 2.32. The summed E-state index contributed by atoms with van der Waals surface area (Å²) in [6, 6.07) is 5.92. The van der Waals surface area contributed by atoms with Crippen molar-refractivity contribution < 1.29 is 14.3 Å². The molecule has 1 aliphatic heterocycles. The van der Waals surface area contributed by atoms with Crippen molar-refractivity contribution in [3.8, 4) is 0 Å². The first-order valence-corrected chi connectivity index (χ1v) is 14.1. The van der Waals surface area contributed by atoms with Crippen LogP contribution in [-0.2, 0) is 9.53 Å². The predicted octanol–water partition coefficient (Wildman–Crippen LogP) is 3.82. The highest BCUT2D eigenvalue weighted by molar-refractivity contribution is 6.29. The molecule has 12 heteroatoms. The van der Waals surface area contributed by atoms with Crippen LogP contribution in [0.1, 0.15) is 55.4 Å². The van der Waals surface area contributed by atoms with Crippen molar-refractivity contribution in [1.29, 1.82) is 0 Å². The molecule has 0 aromatic carbocycles. The van der Waals surface area contributed by atoms with Crippen molar-refractivity contribution in [1.82, 2.24) is 24.5 Å². The number of halogens is 1. The first-order valence-electron chi connectivity index (χ1n) is 13.7. The Hall–Kier alpha value is -3.44. The zero-order valence-corrected chi connectivity index (χ0v) is 22.5. The monoisotopic (exact) mass is 552 g/mol. The second-order valence-corrected chi connectivity index (χ2v) is 11.0. The third kappa shape index (κ3) is 6.25. The van der Waals surface area contributed by atoms with Gasteiger partial charge in [-0.3, -0.25) is 9.59 Å². The predicted molar refractivity (Wildman–Crippen MR) is 148 cm³/mol. The molecule has 4 heterocycles. The highest BCUT2D eigenvalue weighted by atomic mass is 35.5. The number of ether oxygens (including phenoxy) is 1. The number of nitrogens with one attached hydrogen (secondary N) is 3. The smallest absolute Gasteiger partial charge is 0.276 e. The SMILES string of the molecule is O=C(Nc1ccnc(Cl)c1)c1cnc2c(NC3CC3)cc(NC3CCC(CC(=O)N4CCOCC4)CC3)nn12. The molecule has 0 atom stereocenters. The molecule has 1 saturated heterocycles. The summed E-state index contributed by atoms with van der Waals surface area (Å²) in [5, 5.41) is 15.0. The zero-order valence-electron chi connectivity index (χ0n) is 21.7. The van der Waals surface area contributed by atoms with Gasteiger partial charge in [0.15, 0.2) is 11.3 Å². The average Bonchev–Trinajstić information content (AvgIpc) is 3.65. The van der Waals surface area contributed by atoms with Crippen LogP contribution in [0, 0.1) is 5.92 Å². The van der Waals surface area contributed by atoms with E-state index in [0.717, 1.165) is 44.2 Å². The van der Waals surface area contributed by atoms with Gasteiger partial charge in [0.2, 0.25) is 5.91 Å². The first-order chi connectivity index (χ1) is 19.0. The van der Waals surface area contributed by atoms with E-state index in [1.165, 1.54) is 6.20 Å². The number of rotatable bonds is 8. The van der Waals surface area contributed by atoms with Gasteiger partial charge < -0.3 is 25.6 Å². The fraction of sp³-hybridized carbons (Fsp3) is 0.519. The van der Waals surface area contributed by atoms with Crippen molar-refractivity contribution in [2.75, 3.05) is 42.3 Å². The van der Waals surface area contributed by atoms with Crippen molar-refractivity contribution in [2.24, 2.45) is 5.92 Å². The van der Waals surface area contributed by atoms with E-state index >= 15 is 0 Å². The Morgan fingerprint density at radius 2 is 1.74 bits per heavy atom. The molecule has 11 nitrogen and oxygen atoms in total. The Kier molecular flexibility index (Phi) is 7.51. The molecular weight excluding hydrogens is 520 g/mol. The molecule has 206 valence electrons. The lowest BCUT2D eigenvalue weighted by molar-refractivity contribution is -0.136. The number of hydrogen-bond donors (Lipinski definition) is 3. The second kappa shape index (κ2) is 11.4. The van der Waals surface area contributed by atoms with Crippen molar-refractivity contribution in [2.45, 2.75) is 57.0 Å². The minimum Gasteiger partial charge on any atom is -0.379 e. The number of aromatic nitrogens is 4. The number of pyridine rings is 1. The van der Waals surface area contributed by atoms with Gasteiger partial charge in [0, 0.05) is 49.5 Å². The maximum absolute atomic E-state index is 13.1. The Morgan fingerprint density at radius 3 is 2.49 bits per heavy atom. The summed E-state index contributed by atoms with van der Waals surface area (Å²) >= 11 is 5.97. The quantitative estimate of drug-likeness (QED) is 0.360. The van der Waals surface area contributed by atoms with Gasteiger partial charge in [0.1, 0.15) is 11.0 Å². The van der Waals surface area contributed by atoms with Gasteiger partial charge in [-0.15, -0.1) is 5.10 Å². The van der Waals surface area contributed by atoms with Gasteiger partial charge in [0.25, 0.3) is 5.91 Å². The Morgan fingerprint density at radius 1 is 1.00 bits per heavy atom. The largest absolute Gasteiger partial charge is 0.379 e. The lowest BCUT2D eigenvalue weighted by Gasteiger charge is -2.32. The summed E-state index contributed by atoms with van der Waals surface area (Å²) in [5.74, 6) is 1.01. The summed E-state index contributed by atoms with van der Waals surface area (Å²) in [6.45, 7) is 2.67. The number of amides is 2. The summed E-state index contributed by atoms with van der Waals surface area (Å²) in [5.41, 5.74) is 2.33. The summed E-state index contributed by atoms with van der Waals surface area (Å²) < 4.78 is 6.96. The van der Waals surface area contributed by atoms with Crippen molar-refractivity contribution in [3.63, 3.8) is 0 Å². The molecule has 3 fully saturated rings. The van der Waals surface area contributed by atoms with Gasteiger partial charge in [-0.05, 0) is 56.6 Å². The van der Waals surface area contributed by atoms with E-state index in [4.69, 9.17) is 21.4 Å². The van der Waals surface area contributed by atoms with Crippen LogP contribution < -0.4 is 16.0 Å². The highest BCUT2D eigenvalue weighted by Gasteiger charge is 2.28.